The van der Waals surface area contributed by atoms with Crippen LogP contribution in [0.3, 0.4) is 0 Å². The maximum atomic E-state index is 11.9. The molecule has 1 saturated carbocycles. The van der Waals surface area contributed by atoms with Gasteiger partial charge in [-0.05, 0) is 24.7 Å². The van der Waals surface area contributed by atoms with E-state index in [1.165, 1.54) is 7.11 Å². The Morgan fingerprint density at radius 1 is 1.41 bits per heavy atom. The van der Waals surface area contributed by atoms with Crippen LogP contribution in [0.5, 0.6) is 0 Å². The topological polar surface area (TPSA) is 67.4 Å². The van der Waals surface area contributed by atoms with E-state index >= 15 is 0 Å². The van der Waals surface area contributed by atoms with Crippen molar-refractivity contribution < 1.29 is 14.3 Å². The molecule has 98 valence electrons. The van der Waals surface area contributed by atoms with Crippen LogP contribution in [-0.2, 0) is 9.53 Å². The Morgan fingerprint density at radius 2 is 2.00 bits per heavy atom. The molecule has 0 aliphatic heterocycles. The summed E-state index contributed by atoms with van der Waals surface area (Å²) in [5, 5.41) is 5.50. The standard InChI is InChI=1S/C12H22N2O3/c1-7(2)5-10(14-12(16)17-4)11(15)13-9-6-8(9)3/h7-10H,5-6H2,1-4H3,(H,13,15)(H,14,16). The van der Waals surface area contributed by atoms with Crippen LogP contribution in [0.15, 0.2) is 0 Å². The first-order valence-corrected chi connectivity index (χ1v) is 6.09. The lowest BCUT2D eigenvalue weighted by molar-refractivity contribution is -0.123. The third-order valence-electron chi connectivity index (χ3n) is 2.94. The predicted octanol–water partition coefficient (Wildman–Crippen LogP) is 1.28. The van der Waals surface area contributed by atoms with E-state index in [4.69, 9.17) is 0 Å². The monoisotopic (exact) mass is 242 g/mol. The number of nitrogens with one attached hydrogen (secondary N) is 2. The van der Waals surface area contributed by atoms with E-state index in [9.17, 15) is 9.59 Å². The van der Waals surface area contributed by atoms with Gasteiger partial charge in [-0.15, -0.1) is 0 Å². The number of alkyl carbamates (subject to hydrolysis) is 1. The SMILES string of the molecule is COC(=O)NC(CC(C)C)C(=O)NC1CC1C. The number of methoxy groups -OCH3 is 1. The molecule has 0 aromatic carbocycles. The molecular weight excluding hydrogens is 220 g/mol. The van der Waals surface area contributed by atoms with Crippen molar-refractivity contribution >= 4 is 12.0 Å². The number of rotatable bonds is 5. The van der Waals surface area contributed by atoms with Gasteiger partial charge in [0.2, 0.25) is 5.91 Å². The number of hydrogen-bond donors (Lipinski definition) is 2. The van der Waals surface area contributed by atoms with E-state index in [2.05, 4.69) is 22.3 Å². The van der Waals surface area contributed by atoms with Crippen LogP contribution in [0.2, 0.25) is 0 Å². The minimum absolute atomic E-state index is 0.113. The first-order chi connectivity index (χ1) is 7.93. The fourth-order valence-corrected chi connectivity index (χ4v) is 1.71. The van der Waals surface area contributed by atoms with Gasteiger partial charge >= 0.3 is 6.09 Å². The second-order valence-electron chi connectivity index (χ2n) is 5.15. The lowest BCUT2D eigenvalue weighted by Gasteiger charge is -2.19. The molecule has 0 radical (unpaired) electrons. The highest BCUT2D eigenvalue weighted by Gasteiger charge is 2.35. The number of amides is 2. The van der Waals surface area contributed by atoms with Gasteiger partial charge in [0.15, 0.2) is 0 Å². The fraction of sp³-hybridized carbons (Fsp3) is 0.833. The molecule has 17 heavy (non-hydrogen) atoms. The summed E-state index contributed by atoms with van der Waals surface area (Å²) in [5.41, 5.74) is 0. The van der Waals surface area contributed by atoms with E-state index < -0.39 is 12.1 Å². The molecular formula is C12H22N2O3. The summed E-state index contributed by atoms with van der Waals surface area (Å²) in [6.07, 6.45) is 1.08. The quantitative estimate of drug-likeness (QED) is 0.763. The highest BCUT2D eigenvalue weighted by molar-refractivity contribution is 5.86. The van der Waals surface area contributed by atoms with Gasteiger partial charge in [-0.3, -0.25) is 4.79 Å². The number of hydrogen-bond acceptors (Lipinski definition) is 3. The maximum absolute atomic E-state index is 11.9. The van der Waals surface area contributed by atoms with Gasteiger partial charge in [0.05, 0.1) is 7.11 Å². The van der Waals surface area contributed by atoms with Gasteiger partial charge in [0.1, 0.15) is 6.04 Å². The highest BCUT2D eigenvalue weighted by Crippen LogP contribution is 2.29. The Bertz CT molecular complexity index is 291. The lowest BCUT2D eigenvalue weighted by Crippen LogP contribution is -2.48. The lowest BCUT2D eigenvalue weighted by atomic mass is 10.0. The Morgan fingerprint density at radius 3 is 2.41 bits per heavy atom. The summed E-state index contributed by atoms with van der Waals surface area (Å²) in [6.45, 7) is 6.12. The van der Waals surface area contributed by atoms with Crippen molar-refractivity contribution in [3.05, 3.63) is 0 Å². The van der Waals surface area contributed by atoms with Crippen LogP contribution in [0, 0.1) is 11.8 Å². The predicted molar refractivity (Wildman–Crippen MR) is 64.5 cm³/mol. The minimum Gasteiger partial charge on any atom is -0.453 e. The van der Waals surface area contributed by atoms with Crippen LogP contribution in [0.4, 0.5) is 4.79 Å². The van der Waals surface area contributed by atoms with Crippen molar-refractivity contribution in [3.8, 4) is 0 Å². The minimum atomic E-state index is -0.561. The molecule has 1 aliphatic carbocycles. The van der Waals surface area contributed by atoms with Crippen LogP contribution < -0.4 is 10.6 Å². The summed E-state index contributed by atoms with van der Waals surface area (Å²) >= 11 is 0. The van der Waals surface area contributed by atoms with Crippen molar-refractivity contribution in [1.82, 2.24) is 10.6 Å². The van der Waals surface area contributed by atoms with Gasteiger partial charge < -0.3 is 15.4 Å². The van der Waals surface area contributed by atoms with Crippen molar-refractivity contribution in [2.24, 2.45) is 11.8 Å². The van der Waals surface area contributed by atoms with Gasteiger partial charge in [-0.25, -0.2) is 4.79 Å². The molecule has 1 fully saturated rings. The van der Waals surface area contributed by atoms with E-state index in [1.54, 1.807) is 0 Å². The van der Waals surface area contributed by atoms with Gasteiger partial charge in [-0.2, -0.15) is 0 Å². The van der Waals surface area contributed by atoms with Crippen LogP contribution in [0.1, 0.15) is 33.6 Å². The fourth-order valence-electron chi connectivity index (χ4n) is 1.71. The Labute approximate surface area is 102 Å². The van der Waals surface area contributed by atoms with E-state index in [1.807, 2.05) is 13.8 Å². The molecule has 2 amide bonds. The Balaban J connectivity index is 2.48. The van der Waals surface area contributed by atoms with Crippen LogP contribution >= 0.6 is 0 Å². The molecule has 0 aromatic heterocycles. The molecule has 0 aromatic rings. The smallest absolute Gasteiger partial charge is 0.407 e. The van der Waals surface area contributed by atoms with Crippen LogP contribution in [0.25, 0.3) is 0 Å². The third kappa shape index (κ3) is 4.63. The zero-order valence-corrected chi connectivity index (χ0v) is 10.9. The molecule has 1 aliphatic rings. The summed E-state index contributed by atoms with van der Waals surface area (Å²) in [7, 11) is 1.29. The number of ether oxygens (including phenoxy) is 1. The first-order valence-electron chi connectivity index (χ1n) is 6.09. The van der Waals surface area contributed by atoms with Gasteiger partial charge in [0.25, 0.3) is 0 Å². The average Bonchev–Trinajstić information content (AvgIpc) is 2.92. The molecule has 2 N–H and O–H groups in total. The highest BCUT2D eigenvalue weighted by atomic mass is 16.5. The van der Waals surface area contributed by atoms with E-state index in [0.29, 0.717) is 18.3 Å². The van der Waals surface area contributed by atoms with Crippen molar-refractivity contribution in [2.45, 2.75) is 45.7 Å². The Hall–Kier alpha value is -1.26. The van der Waals surface area contributed by atoms with E-state index in [0.717, 1.165) is 6.42 Å². The molecule has 1 rings (SSSR count). The van der Waals surface area contributed by atoms with Gasteiger partial charge in [-0.1, -0.05) is 20.8 Å². The molecule has 3 atom stereocenters. The zero-order chi connectivity index (χ0) is 13.0. The molecule has 0 spiro atoms. The zero-order valence-electron chi connectivity index (χ0n) is 10.9. The van der Waals surface area contributed by atoms with Gasteiger partial charge in [0, 0.05) is 6.04 Å². The Kier molecular flexibility index (Phi) is 4.78. The first kappa shape index (κ1) is 13.8. The van der Waals surface area contributed by atoms with E-state index in [-0.39, 0.29) is 11.9 Å². The third-order valence-corrected chi connectivity index (χ3v) is 2.94. The molecule has 3 unspecified atom stereocenters. The molecule has 0 bridgehead atoms. The summed E-state index contributed by atoms with van der Waals surface area (Å²) in [4.78, 5) is 23.1. The van der Waals surface area contributed by atoms with Crippen LogP contribution in [-0.4, -0.2) is 31.2 Å². The second-order valence-corrected chi connectivity index (χ2v) is 5.15. The van der Waals surface area contributed by atoms with Crippen molar-refractivity contribution in [3.63, 3.8) is 0 Å². The molecule has 0 heterocycles. The number of carbonyl (C=O) groups excluding carboxylic acids is 2. The summed E-state index contributed by atoms with van der Waals surface area (Å²) in [5.74, 6) is 0.773. The largest absolute Gasteiger partial charge is 0.453 e. The normalized spacial score (nSPS) is 24.1. The second kappa shape index (κ2) is 5.89. The average molecular weight is 242 g/mol. The maximum Gasteiger partial charge on any atom is 0.407 e. The molecule has 5 heteroatoms. The number of carbonyl (C=O) groups is 2. The summed E-state index contributed by atoms with van der Waals surface area (Å²) in [6, 6.07) is -0.230. The summed E-state index contributed by atoms with van der Waals surface area (Å²) < 4.78 is 4.52. The molecule has 0 saturated heterocycles. The van der Waals surface area contributed by atoms with Crippen molar-refractivity contribution in [2.75, 3.05) is 7.11 Å². The molecule has 5 nitrogen and oxygen atoms in total. The van der Waals surface area contributed by atoms with Crippen molar-refractivity contribution in [1.29, 1.82) is 0 Å².